The highest BCUT2D eigenvalue weighted by Gasteiger charge is 2.42. The second kappa shape index (κ2) is 12.2. The fraction of sp³-hybridized carbons (Fsp3) is 0.500. The molecule has 37 heavy (non-hydrogen) atoms. The molecule has 0 saturated carbocycles. The van der Waals surface area contributed by atoms with Crippen molar-refractivity contribution in [3.63, 3.8) is 0 Å². The van der Waals surface area contributed by atoms with Crippen LogP contribution < -0.4 is 9.47 Å². The Morgan fingerprint density at radius 2 is 1.70 bits per heavy atom. The van der Waals surface area contributed by atoms with E-state index < -0.39 is 5.60 Å². The van der Waals surface area contributed by atoms with Gasteiger partial charge in [0.25, 0.3) is 5.91 Å². The molecule has 2 fully saturated rings. The van der Waals surface area contributed by atoms with Gasteiger partial charge in [-0.1, -0.05) is 29.8 Å². The van der Waals surface area contributed by atoms with Gasteiger partial charge < -0.3 is 28.9 Å². The number of rotatable bonds is 8. The second-order valence-corrected chi connectivity index (χ2v) is 10.4. The topological polar surface area (TPSA) is 71.6 Å². The molecule has 2 heterocycles. The molecule has 0 aromatic heterocycles. The molecule has 0 bridgehead atoms. The number of likely N-dealkylation sites (N-methyl/N-ethyl adjacent to an activating group) is 1. The maximum absolute atomic E-state index is 13.3. The first-order valence-electron chi connectivity index (χ1n) is 12.7. The third-order valence-corrected chi connectivity index (χ3v) is 7.43. The molecule has 9 heteroatoms. The third-order valence-electron chi connectivity index (χ3n) is 7.01. The van der Waals surface area contributed by atoms with Crippen molar-refractivity contribution in [3.8, 4) is 11.5 Å². The lowest BCUT2D eigenvalue weighted by Crippen LogP contribution is -2.59. The first-order chi connectivity index (χ1) is 17.7. The van der Waals surface area contributed by atoms with Gasteiger partial charge in [0, 0.05) is 37.7 Å². The molecule has 0 spiro atoms. The van der Waals surface area contributed by atoms with Gasteiger partial charge in [-0.2, -0.15) is 0 Å². The summed E-state index contributed by atoms with van der Waals surface area (Å²) in [5.41, 5.74) is 0.900. The van der Waals surface area contributed by atoms with Gasteiger partial charge >= 0.3 is 0 Å². The number of morpholine rings is 1. The Kier molecular flexibility index (Phi) is 8.95. The van der Waals surface area contributed by atoms with E-state index in [0.717, 1.165) is 24.2 Å². The van der Waals surface area contributed by atoms with Crippen LogP contribution in [0.1, 0.15) is 17.5 Å². The molecule has 0 radical (unpaired) electrons. The lowest BCUT2D eigenvalue weighted by Gasteiger charge is -2.43. The van der Waals surface area contributed by atoms with E-state index in [2.05, 4.69) is 11.9 Å². The molecule has 0 N–H and O–H groups in total. The summed E-state index contributed by atoms with van der Waals surface area (Å²) in [5.74, 6) is 1.19. The molecule has 200 valence electrons. The largest absolute Gasteiger partial charge is 0.490 e. The normalized spacial score (nSPS) is 20.5. The molecule has 8 nitrogen and oxygen atoms in total. The number of aryl methyl sites for hydroxylation is 2. The van der Waals surface area contributed by atoms with Crippen molar-refractivity contribution < 1.29 is 23.8 Å². The van der Waals surface area contributed by atoms with Gasteiger partial charge in [0.15, 0.2) is 6.61 Å². The van der Waals surface area contributed by atoms with Gasteiger partial charge in [0.2, 0.25) is 5.91 Å². The molecule has 2 aromatic rings. The van der Waals surface area contributed by atoms with Gasteiger partial charge in [-0.05, 0) is 56.3 Å². The number of carbonyl (C=O) groups excluding carboxylic acids is 2. The summed E-state index contributed by atoms with van der Waals surface area (Å²) in [6.07, 6.45) is 0.131. The predicted molar refractivity (Wildman–Crippen MR) is 142 cm³/mol. The number of para-hydroxylation sites is 1. The molecule has 2 saturated heterocycles. The standard InChI is InChI=1S/C28H36ClN3O5/c1-21-6-4-5-7-25(21)35-18-27(34)32-14-15-37-28(19-32,17-26(33)31-12-10-30(3)11-13-31)20-36-23-8-9-24(29)22(2)16-23/h4-9,16H,10-15,17-20H2,1-3H3/t28-/m0/s1. The quantitative estimate of drug-likeness (QED) is 0.523. The highest BCUT2D eigenvalue weighted by atomic mass is 35.5. The van der Waals surface area contributed by atoms with E-state index in [9.17, 15) is 9.59 Å². The van der Waals surface area contributed by atoms with Gasteiger partial charge in [-0.3, -0.25) is 9.59 Å². The highest BCUT2D eigenvalue weighted by Crippen LogP contribution is 2.28. The number of ether oxygens (including phenoxy) is 3. The number of halogens is 1. The Labute approximate surface area is 224 Å². The Morgan fingerprint density at radius 1 is 0.946 bits per heavy atom. The maximum Gasteiger partial charge on any atom is 0.260 e. The van der Waals surface area contributed by atoms with E-state index in [1.54, 1.807) is 17.0 Å². The van der Waals surface area contributed by atoms with E-state index in [1.165, 1.54) is 0 Å². The van der Waals surface area contributed by atoms with Crippen molar-refractivity contribution in [3.05, 3.63) is 58.6 Å². The molecular formula is C28H36ClN3O5. The van der Waals surface area contributed by atoms with E-state index in [0.29, 0.717) is 42.8 Å². The summed E-state index contributed by atoms with van der Waals surface area (Å²) >= 11 is 6.17. The monoisotopic (exact) mass is 529 g/mol. The zero-order valence-corrected chi connectivity index (χ0v) is 22.6. The Hall–Kier alpha value is -2.81. The first-order valence-corrected chi connectivity index (χ1v) is 13.1. The number of amides is 2. The number of carbonyl (C=O) groups is 2. The van der Waals surface area contributed by atoms with Crippen LogP contribution in [0.3, 0.4) is 0 Å². The van der Waals surface area contributed by atoms with Gasteiger partial charge in [-0.25, -0.2) is 0 Å². The SMILES string of the molecule is Cc1cc(OC[C@]2(CC(=O)N3CCN(C)CC3)CN(C(=O)COc3ccccc3C)CCO2)ccc1Cl. The van der Waals surface area contributed by atoms with Crippen LogP contribution in [0.5, 0.6) is 11.5 Å². The Balaban J connectivity index is 1.46. The zero-order chi connectivity index (χ0) is 26.4. The number of benzene rings is 2. The molecule has 4 rings (SSSR count). The van der Waals surface area contributed by atoms with Gasteiger partial charge in [0.05, 0.1) is 19.6 Å². The van der Waals surface area contributed by atoms with Crippen LogP contribution in [0.25, 0.3) is 0 Å². The van der Waals surface area contributed by atoms with E-state index in [-0.39, 0.29) is 38.0 Å². The first kappa shape index (κ1) is 27.2. The number of hydrogen-bond donors (Lipinski definition) is 0. The van der Waals surface area contributed by atoms with Crippen LogP contribution in [0, 0.1) is 13.8 Å². The molecule has 2 aliphatic heterocycles. The molecule has 2 aliphatic rings. The van der Waals surface area contributed by atoms with Crippen molar-refractivity contribution in [2.24, 2.45) is 0 Å². The van der Waals surface area contributed by atoms with Crippen LogP contribution in [0.15, 0.2) is 42.5 Å². The van der Waals surface area contributed by atoms with Crippen LogP contribution in [-0.4, -0.2) is 98.3 Å². The highest BCUT2D eigenvalue weighted by molar-refractivity contribution is 6.31. The van der Waals surface area contributed by atoms with E-state index in [1.807, 2.05) is 49.1 Å². The minimum absolute atomic E-state index is 0.00875. The minimum atomic E-state index is -0.968. The molecule has 0 aliphatic carbocycles. The zero-order valence-electron chi connectivity index (χ0n) is 21.9. The maximum atomic E-state index is 13.3. The average molecular weight is 530 g/mol. The summed E-state index contributed by atoms with van der Waals surface area (Å²) in [5, 5.41) is 0.659. The summed E-state index contributed by atoms with van der Waals surface area (Å²) < 4.78 is 18.2. The number of piperazine rings is 1. The van der Waals surface area contributed by atoms with Crippen molar-refractivity contribution in [2.75, 3.05) is 66.1 Å². The van der Waals surface area contributed by atoms with Crippen molar-refractivity contribution in [1.29, 1.82) is 0 Å². The summed E-state index contributed by atoms with van der Waals surface area (Å²) in [4.78, 5) is 32.3. The van der Waals surface area contributed by atoms with Crippen LogP contribution in [-0.2, 0) is 14.3 Å². The summed E-state index contributed by atoms with van der Waals surface area (Å²) in [7, 11) is 2.05. The van der Waals surface area contributed by atoms with E-state index in [4.69, 9.17) is 25.8 Å². The van der Waals surface area contributed by atoms with Crippen LogP contribution in [0.2, 0.25) is 5.02 Å². The van der Waals surface area contributed by atoms with Gasteiger partial charge in [-0.15, -0.1) is 0 Å². The Bertz CT molecular complexity index is 1100. The fourth-order valence-corrected chi connectivity index (χ4v) is 4.73. The lowest BCUT2D eigenvalue weighted by molar-refractivity contribution is -0.167. The van der Waals surface area contributed by atoms with Gasteiger partial charge in [0.1, 0.15) is 23.7 Å². The number of nitrogens with zero attached hydrogens (tertiary/aromatic N) is 3. The summed E-state index contributed by atoms with van der Waals surface area (Å²) in [6.45, 7) is 7.92. The lowest BCUT2D eigenvalue weighted by atomic mass is 9.96. The average Bonchev–Trinajstić information content (AvgIpc) is 2.89. The third kappa shape index (κ3) is 7.15. The number of hydrogen-bond acceptors (Lipinski definition) is 6. The molecule has 2 amide bonds. The summed E-state index contributed by atoms with van der Waals surface area (Å²) in [6, 6.07) is 13.1. The van der Waals surface area contributed by atoms with Crippen LogP contribution >= 0.6 is 11.6 Å². The second-order valence-electron chi connectivity index (χ2n) is 9.96. The molecular weight excluding hydrogens is 494 g/mol. The van der Waals surface area contributed by atoms with Crippen LogP contribution in [0.4, 0.5) is 0 Å². The minimum Gasteiger partial charge on any atom is -0.490 e. The van der Waals surface area contributed by atoms with Crippen molar-refractivity contribution in [1.82, 2.24) is 14.7 Å². The van der Waals surface area contributed by atoms with Crippen molar-refractivity contribution >= 4 is 23.4 Å². The molecule has 0 unspecified atom stereocenters. The molecule has 2 aromatic carbocycles. The fourth-order valence-electron chi connectivity index (χ4n) is 4.62. The smallest absolute Gasteiger partial charge is 0.260 e. The van der Waals surface area contributed by atoms with Crippen molar-refractivity contribution in [2.45, 2.75) is 25.9 Å². The molecule has 1 atom stereocenters. The van der Waals surface area contributed by atoms with E-state index >= 15 is 0 Å². The predicted octanol–water partition coefficient (Wildman–Crippen LogP) is 3.18. The Morgan fingerprint density at radius 3 is 2.43 bits per heavy atom.